The van der Waals surface area contributed by atoms with Gasteiger partial charge >= 0.3 is 0 Å². The van der Waals surface area contributed by atoms with Gasteiger partial charge < -0.3 is 9.47 Å². The summed E-state index contributed by atoms with van der Waals surface area (Å²) < 4.78 is 16.1. The number of hydrogen-bond donors (Lipinski definition) is 0. The van der Waals surface area contributed by atoms with Gasteiger partial charge in [0.05, 0.1) is 29.8 Å². The van der Waals surface area contributed by atoms with Crippen molar-refractivity contribution in [2.75, 3.05) is 0 Å². The molecule has 2 aromatic rings. The van der Waals surface area contributed by atoms with E-state index in [0.29, 0.717) is 0 Å². The van der Waals surface area contributed by atoms with Crippen LogP contribution in [0.4, 0.5) is 0 Å². The molecular formula is C29H40N2O2. The van der Waals surface area contributed by atoms with Gasteiger partial charge in [-0.25, -0.2) is 4.68 Å². The fourth-order valence-corrected chi connectivity index (χ4v) is 6.25. The molecule has 178 valence electrons. The van der Waals surface area contributed by atoms with Crippen molar-refractivity contribution < 1.29 is 9.47 Å². The zero-order chi connectivity index (χ0) is 23.1. The molecule has 1 aromatic carbocycles. The van der Waals surface area contributed by atoms with Crippen LogP contribution in [0.2, 0.25) is 0 Å². The number of aromatic nitrogens is 2. The third kappa shape index (κ3) is 3.89. The van der Waals surface area contributed by atoms with E-state index in [-0.39, 0.29) is 17.6 Å². The third-order valence-electron chi connectivity index (χ3n) is 8.30. The van der Waals surface area contributed by atoms with Crippen LogP contribution in [0.1, 0.15) is 95.4 Å². The van der Waals surface area contributed by atoms with Crippen molar-refractivity contribution >= 4 is 6.08 Å². The molecule has 1 spiro atoms. The van der Waals surface area contributed by atoms with E-state index < -0.39 is 5.79 Å². The number of hydrogen-bond acceptors (Lipinski definition) is 3. The number of fused-ring (bicyclic) bond motifs is 3. The fourth-order valence-electron chi connectivity index (χ4n) is 6.25. The average Bonchev–Trinajstić information content (AvgIpc) is 3.38. The van der Waals surface area contributed by atoms with E-state index in [9.17, 15) is 0 Å². The van der Waals surface area contributed by atoms with Crippen LogP contribution in [0.25, 0.3) is 11.8 Å². The van der Waals surface area contributed by atoms with Crippen molar-refractivity contribution in [1.29, 1.82) is 0 Å². The smallest absolute Gasteiger partial charge is 0.178 e. The highest BCUT2D eigenvalue weighted by Crippen LogP contribution is 2.58. The van der Waals surface area contributed by atoms with Crippen LogP contribution in [0.15, 0.2) is 36.0 Å². The van der Waals surface area contributed by atoms with Crippen LogP contribution in [0.3, 0.4) is 0 Å². The maximum absolute atomic E-state index is 7.00. The Labute approximate surface area is 199 Å². The van der Waals surface area contributed by atoms with Crippen LogP contribution in [0, 0.1) is 12.3 Å². The Balaban J connectivity index is 1.48. The van der Waals surface area contributed by atoms with Gasteiger partial charge in [0.1, 0.15) is 0 Å². The lowest BCUT2D eigenvalue weighted by molar-refractivity contribution is -0.248. The minimum absolute atomic E-state index is 0.134. The van der Waals surface area contributed by atoms with E-state index in [2.05, 4.69) is 68.9 Å². The predicted octanol–water partition coefficient (Wildman–Crippen LogP) is 7.17. The molecule has 0 unspecified atom stereocenters. The molecular weight excluding hydrogens is 408 g/mol. The van der Waals surface area contributed by atoms with Gasteiger partial charge in [-0.05, 0) is 62.8 Å². The van der Waals surface area contributed by atoms with Gasteiger partial charge in [-0.2, -0.15) is 5.10 Å². The predicted molar refractivity (Wildman–Crippen MR) is 133 cm³/mol. The molecule has 0 radical (unpaired) electrons. The summed E-state index contributed by atoms with van der Waals surface area (Å²) in [6, 6.07) is 8.65. The molecule has 1 aliphatic heterocycles. The first-order valence-electron chi connectivity index (χ1n) is 13.2. The van der Waals surface area contributed by atoms with Crippen LogP contribution in [-0.4, -0.2) is 27.8 Å². The highest BCUT2D eigenvalue weighted by molar-refractivity contribution is 5.62. The monoisotopic (exact) mass is 448 g/mol. The second kappa shape index (κ2) is 9.03. The van der Waals surface area contributed by atoms with Crippen LogP contribution < -0.4 is 0 Å². The quantitative estimate of drug-likeness (QED) is 0.450. The van der Waals surface area contributed by atoms with Gasteiger partial charge in [-0.3, -0.25) is 0 Å². The van der Waals surface area contributed by atoms with E-state index in [1.54, 1.807) is 0 Å². The average molecular weight is 449 g/mol. The Bertz CT molecular complexity index is 989. The number of aryl methyl sites for hydroxylation is 1. The number of benzene rings is 1. The summed E-state index contributed by atoms with van der Waals surface area (Å²) in [7, 11) is 0. The lowest BCUT2D eigenvalue weighted by atomic mass is 9.62. The Morgan fingerprint density at radius 2 is 1.70 bits per heavy atom. The molecule has 1 aromatic heterocycles. The number of rotatable bonds is 7. The largest absolute Gasteiger partial charge is 0.343 e. The van der Waals surface area contributed by atoms with Gasteiger partial charge in [0.2, 0.25) is 0 Å². The Morgan fingerprint density at radius 1 is 1.03 bits per heavy atom. The zero-order valence-electron chi connectivity index (χ0n) is 20.9. The number of ether oxygens (including phenoxy) is 2. The molecule has 0 N–H and O–H groups in total. The SMILES string of the molecule is CCCC[C@H]1OC2(CCCC3=Cc4c(cnn4-c4ccc(C)cc4)C[C@@]32C)O[C@@H]1CCCC. The molecule has 0 amide bonds. The van der Waals surface area contributed by atoms with E-state index in [0.717, 1.165) is 44.2 Å². The second-order valence-electron chi connectivity index (χ2n) is 10.7. The summed E-state index contributed by atoms with van der Waals surface area (Å²) in [6.07, 6.45) is 16.1. The number of unbranched alkanes of at least 4 members (excludes halogenated alkanes) is 2. The van der Waals surface area contributed by atoms with Gasteiger partial charge in [-0.1, -0.05) is 69.7 Å². The normalized spacial score (nSPS) is 27.9. The van der Waals surface area contributed by atoms with E-state index in [1.165, 1.54) is 48.1 Å². The number of nitrogens with zero attached hydrogens (tertiary/aromatic N) is 2. The minimum atomic E-state index is -0.502. The molecule has 4 nitrogen and oxygen atoms in total. The Kier molecular flexibility index (Phi) is 6.26. The zero-order valence-corrected chi connectivity index (χ0v) is 20.9. The van der Waals surface area contributed by atoms with Crippen LogP contribution in [-0.2, 0) is 15.9 Å². The molecule has 0 bridgehead atoms. The molecule has 2 aliphatic carbocycles. The van der Waals surface area contributed by atoms with E-state index in [4.69, 9.17) is 14.6 Å². The van der Waals surface area contributed by atoms with Gasteiger partial charge in [-0.15, -0.1) is 0 Å². The first-order valence-corrected chi connectivity index (χ1v) is 13.2. The van der Waals surface area contributed by atoms with Gasteiger partial charge in [0, 0.05) is 11.8 Å². The summed E-state index contributed by atoms with van der Waals surface area (Å²) in [5, 5.41) is 4.80. The van der Waals surface area contributed by atoms with Crippen molar-refractivity contribution in [3.63, 3.8) is 0 Å². The molecule has 5 rings (SSSR count). The first kappa shape index (κ1) is 22.9. The van der Waals surface area contributed by atoms with Crippen LogP contribution in [0.5, 0.6) is 0 Å². The topological polar surface area (TPSA) is 36.3 Å². The lowest BCUT2D eigenvalue weighted by Gasteiger charge is -2.51. The summed E-state index contributed by atoms with van der Waals surface area (Å²) in [4.78, 5) is 0. The molecule has 2 heterocycles. The molecule has 4 heteroatoms. The first-order chi connectivity index (χ1) is 16.0. The minimum Gasteiger partial charge on any atom is -0.343 e. The van der Waals surface area contributed by atoms with Crippen molar-refractivity contribution in [2.24, 2.45) is 5.41 Å². The molecule has 1 saturated heterocycles. The molecule has 1 saturated carbocycles. The standard InChI is InChI=1S/C29H40N2O2/c1-5-7-11-26-27(12-8-6-2)33-29(32-26)17-9-10-23-18-25-22(19-28(23,29)4)20-30-31(25)24-15-13-21(3)14-16-24/h13-16,18,20,26-27H,5-12,17,19H2,1-4H3/t26-,27-,28+/m1/s1. The van der Waals surface area contributed by atoms with Gasteiger partial charge in [0.25, 0.3) is 0 Å². The van der Waals surface area contributed by atoms with E-state index >= 15 is 0 Å². The van der Waals surface area contributed by atoms with Crippen molar-refractivity contribution in [3.05, 3.63) is 52.9 Å². The molecule has 3 atom stereocenters. The summed E-state index contributed by atoms with van der Waals surface area (Å²) in [5.41, 5.74) is 6.26. The third-order valence-corrected chi connectivity index (χ3v) is 8.30. The maximum Gasteiger partial charge on any atom is 0.178 e. The van der Waals surface area contributed by atoms with Crippen molar-refractivity contribution in [1.82, 2.24) is 9.78 Å². The van der Waals surface area contributed by atoms with Crippen LogP contribution >= 0.6 is 0 Å². The summed E-state index contributed by atoms with van der Waals surface area (Å²) in [5.74, 6) is -0.502. The van der Waals surface area contributed by atoms with E-state index in [1.807, 2.05) is 0 Å². The van der Waals surface area contributed by atoms with Gasteiger partial charge in [0.15, 0.2) is 5.79 Å². The highest BCUT2D eigenvalue weighted by Gasteiger charge is 2.61. The maximum atomic E-state index is 7.00. The van der Waals surface area contributed by atoms with Crippen molar-refractivity contribution in [3.8, 4) is 5.69 Å². The molecule has 33 heavy (non-hydrogen) atoms. The fraction of sp³-hybridized carbons (Fsp3) is 0.621. The summed E-state index contributed by atoms with van der Waals surface area (Å²) in [6.45, 7) is 9.05. The summed E-state index contributed by atoms with van der Waals surface area (Å²) >= 11 is 0. The Hall–Kier alpha value is -1.91. The molecule has 2 fully saturated rings. The highest BCUT2D eigenvalue weighted by atomic mass is 16.8. The van der Waals surface area contributed by atoms with Crippen molar-refractivity contribution in [2.45, 2.75) is 110 Å². The second-order valence-corrected chi connectivity index (χ2v) is 10.7. The Morgan fingerprint density at radius 3 is 2.33 bits per heavy atom. The lowest BCUT2D eigenvalue weighted by Crippen LogP contribution is -2.53. The molecule has 3 aliphatic rings.